The summed E-state index contributed by atoms with van der Waals surface area (Å²) < 4.78 is 0. The molecule has 1 aliphatic rings. The number of carboxylic acid groups (broad SMARTS) is 1. The molecule has 1 heterocycles. The van der Waals surface area contributed by atoms with Gasteiger partial charge in [0.05, 0.1) is 5.92 Å². The molecule has 5 nitrogen and oxygen atoms in total. The second-order valence-corrected chi connectivity index (χ2v) is 6.16. The van der Waals surface area contributed by atoms with Crippen LogP contribution >= 0.6 is 11.6 Å². The number of aromatic amines is 1. The van der Waals surface area contributed by atoms with E-state index >= 15 is 0 Å². The largest absolute Gasteiger partial charge is 0.481 e. The highest BCUT2D eigenvalue weighted by atomic mass is 35.5. The highest BCUT2D eigenvalue weighted by molar-refractivity contribution is 6.31. The van der Waals surface area contributed by atoms with Crippen LogP contribution in [0.5, 0.6) is 0 Å². The molecule has 0 unspecified atom stereocenters. The quantitative estimate of drug-likeness (QED) is 0.812. The number of H-pyrrole nitrogens is 1. The van der Waals surface area contributed by atoms with Crippen LogP contribution in [0.2, 0.25) is 5.02 Å². The number of carboxylic acids is 1. The highest BCUT2D eigenvalue weighted by Crippen LogP contribution is 2.25. The van der Waals surface area contributed by atoms with Crippen molar-refractivity contribution in [2.45, 2.75) is 31.7 Å². The molecule has 0 aliphatic heterocycles. The molecule has 1 aliphatic carbocycles. The topological polar surface area (TPSA) is 82.2 Å². The predicted octanol–water partition coefficient (Wildman–Crippen LogP) is 3.19. The Morgan fingerprint density at radius 2 is 2.00 bits per heavy atom. The van der Waals surface area contributed by atoms with Crippen LogP contribution < -0.4 is 5.32 Å². The second-order valence-electron chi connectivity index (χ2n) is 5.72. The number of amides is 1. The molecular formula is C16H17ClN2O3. The third-order valence-corrected chi connectivity index (χ3v) is 4.46. The maximum absolute atomic E-state index is 12.4. The number of halogens is 1. The lowest BCUT2D eigenvalue weighted by atomic mass is 9.84. The third kappa shape index (κ3) is 2.95. The molecule has 116 valence electrons. The van der Waals surface area contributed by atoms with Gasteiger partial charge in [-0.15, -0.1) is 0 Å². The molecule has 1 aromatic heterocycles. The maximum atomic E-state index is 12.4. The summed E-state index contributed by atoms with van der Waals surface area (Å²) in [6.07, 6.45) is 3.16. The summed E-state index contributed by atoms with van der Waals surface area (Å²) in [6, 6.07) is 6.80. The number of carbonyl (C=O) groups excluding carboxylic acids is 1. The molecule has 6 heteroatoms. The van der Waals surface area contributed by atoms with Crippen LogP contribution in [0.1, 0.15) is 36.2 Å². The van der Waals surface area contributed by atoms with Gasteiger partial charge >= 0.3 is 5.97 Å². The molecular weight excluding hydrogens is 304 g/mol. The fourth-order valence-corrected chi connectivity index (χ4v) is 3.24. The normalized spacial score (nSPS) is 21.7. The molecule has 1 amide bonds. The standard InChI is InChI=1S/C16H17ClN2O3/c17-10-6-5-9-7-14(18-13(9)8-10)15(20)19-12-4-2-1-3-11(12)16(21)22/h5-8,11-12,18H,1-4H2,(H,19,20)(H,21,22)/t11-,12+/m1/s1. The van der Waals surface area contributed by atoms with Gasteiger partial charge in [-0.1, -0.05) is 30.5 Å². The number of nitrogens with one attached hydrogen (secondary N) is 2. The van der Waals surface area contributed by atoms with Crippen LogP contribution in [-0.4, -0.2) is 28.0 Å². The van der Waals surface area contributed by atoms with Gasteiger partial charge in [-0.25, -0.2) is 0 Å². The number of fused-ring (bicyclic) bond motifs is 1. The minimum Gasteiger partial charge on any atom is -0.481 e. The molecule has 1 aromatic carbocycles. The van der Waals surface area contributed by atoms with Crippen molar-refractivity contribution in [3.05, 3.63) is 35.0 Å². The van der Waals surface area contributed by atoms with Crippen LogP contribution in [0.3, 0.4) is 0 Å². The van der Waals surface area contributed by atoms with E-state index in [4.69, 9.17) is 11.6 Å². The van der Waals surface area contributed by atoms with E-state index in [-0.39, 0.29) is 11.9 Å². The van der Waals surface area contributed by atoms with Crippen molar-refractivity contribution in [2.75, 3.05) is 0 Å². The average molecular weight is 321 g/mol. The van der Waals surface area contributed by atoms with E-state index in [1.165, 1.54) is 0 Å². The summed E-state index contributed by atoms with van der Waals surface area (Å²) >= 11 is 5.93. The van der Waals surface area contributed by atoms with Gasteiger partial charge in [0.15, 0.2) is 0 Å². The van der Waals surface area contributed by atoms with Crippen molar-refractivity contribution < 1.29 is 14.7 Å². The number of hydrogen-bond donors (Lipinski definition) is 3. The van der Waals surface area contributed by atoms with Gasteiger partial charge in [0.1, 0.15) is 5.69 Å². The first-order valence-electron chi connectivity index (χ1n) is 7.36. The Labute approximate surface area is 132 Å². The number of benzene rings is 1. The first-order chi connectivity index (χ1) is 10.5. The lowest BCUT2D eigenvalue weighted by molar-refractivity contribution is -0.143. The van der Waals surface area contributed by atoms with Gasteiger partial charge in [-0.3, -0.25) is 9.59 Å². The molecule has 0 saturated heterocycles. The zero-order valence-electron chi connectivity index (χ0n) is 11.9. The molecule has 2 aromatic rings. The number of rotatable bonds is 3. The number of hydrogen-bond acceptors (Lipinski definition) is 2. The lowest BCUT2D eigenvalue weighted by Gasteiger charge is -2.29. The Morgan fingerprint density at radius 1 is 1.23 bits per heavy atom. The van der Waals surface area contributed by atoms with E-state index in [9.17, 15) is 14.7 Å². The Balaban J connectivity index is 1.78. The number of carbonyl (C=O) groups is 2. The van der Waals surface area contributed by atoms with Gasteiger partial charge in [-0.05, 0) is 31.0 Å². The first kappa shape index (κ1) is 14.9. The van der Waals surface area contributed by atoms with Gasteiger partial charge in [0.25, 0.3) is 5.91 Å². The van der Waals surface area contributed by atoms with Crippen LogP contribution in [0.25, 0.3) is 10.9 Å². The summed E-state index contributed by atoms with van der Waals surface area (Å²) in [7, 11) is 0. The van der Waals surface area contributed by atoms with E-state index in [0.717, 1.165) is 23.7 Å². The van der Waals surface area contributed by atoms with Crippen molar-refractivity contribution in [2.24, 2.45) is 5.92 Å². The number of aliphatic carboxylic acids is 1. The molecule has 3 rings (SSSR count). The fraction of sp³-hybridized carbons (Fsp3) is 0.375. The van der Waals surface area contributed by atoms with Crippen LogP contribution in [-0.2, 0) is 4.79 Å². The zero-order chi connectivity index (χ0) is 15.7. The summed E-state index contributed by atoms with van der Waals surface area (Å²) in [4.78, 5) is 26.7. The molecule has 1 fully saturated rings. The van der Waals surface area contributed by atoms with E-state index in [2.05, 4.69) is 10.3 Å². The van der Waals surface area contributed by atoms with Crippen molar-refractivity contribution in [1.29, 1.82) is 0 Å². The van der Waals surface area contributed by atoms with Crippen LogP contribution in [0.4, 0.5) is 0 Å². The Hall–Kier alpha value is -2.01. The maximum Gasteiger partial charge on any atom is 0.308 e. The predicted molar refractivity (Wildman–Crippen MR) is 84.2 cm³/mol. The summed E-state index contributed by atoms with van der Waals surface area (Å²) in [5.74, 6) is -1.62. The summed E-state index contributed by atoms with van der Waals surface area (Å²) in [5.41, 5.74) is 1.21. The van der Waals surface area contributed by atoms with Gasteiger partial charge in [0, 0.05) is 22.0 Å². The van der Waals surface area contributed by atoms with E-state index < -0.39 is 11.9 Å². The first-order valence-corrected chi connectivity index (χ1v) is 7.74. The third-order valence-electron chi connectivity index (χ3n) is 4.23. The zero-order valence-corrected chi connectivity index (χ0v) is 12.7. The Morgan fingerprint density at radius 3 is 2.77 bits per heavy atom. The summed E-state index contributed by atoms with van der Waals surface area (Å²) in [6.45, 7) is 0. The minimum atomic E-state index is -0.839. The van der Waals surface area contributed by atoms with Gasteiger partial charge in [-0.2, -0.15) is 0 Å². The van der Waals surface area contributed by atoms with Crippen molar-refractivity contribution >= 4 is 34.4 Å². The molecule has 0 bridgehead atoms. The SMILES string of the molecule is O=C(N[C@H]1CCCC[C@H]1C(=O)O)c1cc2ccc(Cl)cc2[nH]1. The van der Waals surface area contributed by atoms with Crippen LogP contribution in [0.15, 0.2) is 24.3 Å². The highest BCUT2D eigenvalue weighted by Gasteiger charge is 2.32. The average Bonchev–Trinajstić information content (AvgIpc) is 2.90. The van der Waals surface area contributed by atoms with E-state index in [1.54, 1.807) is 18.2 Å². The smallest absolute Gasteiger partial charge is 0.308 e. The van der Waals surface area contributed by atoms with Crippen molar-refractivity contribution in [3.8, 4) is 0 Å². The molecule has 3 N–H and O–H groups in total. The molecule has 0 spiro atoms. The Bertz CT molecular complexity index is 725. The van der Waals surface area contributed by atoms with E-state index in [1.807, 2.05) is 6.07 Å². The van der Waals surface area contributed by atoms with E-state index in [0.29, 0.717) is 23.6 Å². The Kier molecular flexibility index (Phi) is 4.07. The van der Waals surface area contributed by atoms with Crippen LogP contribution in [0, 0.1) is 5.92 Å². The minimum absolute atomic E-state index is 0.273. The molecule has 2 atom stereocenters. The molecule has 0 radical (unpaired) electrons. The molecule has 22 heavy (non-hydrogen) atoms. The van der Waals surface area contributed by atoms with Crippen molar-refractivity contribution in [1.82, 2.24) is 10.3 Å². The summed E-state index contributed by atoms with van der Waals surface area (Å²) in [5, 5.41) is 13.6. The monoisotopic (exact) mass is 320 g/mol. The van der Waals surface area contributed by atoms with Gasteiger partial charge in [0.2, 0.25) is 0 Å². The van der Waals surface area contributed by atoms with Gasteiger partial charge < -0.3 is 15.4 Å². The fourth-order valence-electron chi connectivity index (χ4n) is 3.07. The second kappa shape index (κ2) is 6.01. The lowest BCUT2D eigenvalue weighted by Crippen LogP contribution is -2.45. The molecule has 1 saturated carbocycles. The number of aromatic nitrogens is 1. The van der Waals surface area contributed by atoms with Crippen molar-refractivity contribution in [3.63, 3.8) is 0 Å².